The summed E-state index contributed by atoms with van der Waals surface area (Å²) in [6.07, 6.45) is 2.39. The van der Waals surface area contributed by atoms with Gasteiger partial charge in [-0.2, -0.15) is 0 Å². The molecule has 0 radical (unpaired) electrons. The number of halogens is 2. The normalized spacial score (nSPS) is 23.8. The Morgan fingerprint density at radius 2 is 1.88 bits per heavy atom. The third-order valence-electron chi connectivity index (χ3n) is 8.63. The molecule has 2 aromatic rings. The van der Waals surface area contributed by atoms with E-state index in [2.05, 4.69) is 16.0 Å². The van der Waals surface area contributed by atoms with E-state index in [1.54, 1.807) is 34.6 Å². The summed E-state index contributed by atoms with van der Waals surface area (Å²) in [6, 6.07) is 10.3. The monoisotopic (exact) mass is 624 g/mol. The van der Waals surface area contributed by atoms with Crippen LogP contribution in [0.2, 0.25) is 5.02 Å². The standard InChI is InChI=1S/C30H42ClFN4O5S/c1-3-19(4-2)27(20-10-12-21(31)13-11-20)28(35-30(38)39)29(37)34-26-9-5-8-25(32)24(26)15-14-23-17-33-22-7-6-16-42(40,41)36(23)18-22/h5,8-13,19,22-23,27-28,33,35,40-41H,3-4,6-7,14-18H2,1-2H3,(H,34,37)(H,38,39)/t22?,23?,27-,28+/m1/s1. The number of amides is 2. The van der Waals surface area contributed by atoms with E-state index >= 15 is 4.39 Å². The molecule has 2 aromatic carbocycles. The lowest BCUT2D eigenvalue weighted by molar-refractivity contribution is -0.119. The summed E-state index contributed by atoms with van der Waals surface area (Å²) in [5, 5.41) is 19.0. The van der Waals surface area contributed by atoms with E-state index in [1.807, 2.05) is 13.8 Å². The summed E-state index contributed by atoms with van der Waals surface area (Å²) in [7, 11) is -2.90. The summed E-state index contributed by atoms with van der Waals surface area (Å²) in [5.41, 5.74) is 1.33. The van der Waals surface area contributed by atoms with Gasteiger partial charge in [-0.1, -0.05) is 56.5 Å². The van der Waals surface area contributed by atoms with Gasteiger partial charge in [-0.05, 0) is 61.4 Å². The van der Waals surface area contributed by atoms with Gasteiger partial charge in [0, 0.05) is 47.4 Å². The maximum absolute atomic E-state index is 15.2. The summed E-state index contributed by atoms with van der Waals surface area (Å²) >= 11 is 6.11. The Balaban J connectivity index is 1.58. The molecule has 2 aliphatic rings. The second-order valence-electron chi connectivity index (χ2n) is 11.2. The van der Waals surface area contributed by atoms with Gasteiger partial charge in [-0.25, -0.2) is 13.5 Å². The Hall–Kier alpha value is -2.41. The Bertz CT molecular complexity index is 1230. The van der Waals surface area contributed by atoms with Gasteiger partial charge in [0.15, 0.2) is 0 Å². The highest BCUT2D eigenvalue weighted by molar-refractivity contribution is 8.22. The Labute approximate surface area is 253 Å². The van der Waals surface area contributed by atoms with Crippen LogP contribution in [-0.2, 0) is 11.2 Å². The van der Waals surface area contributed by atoms with Crippen molar-refractivity contribution in [2.24, 2.45) is 5.92 Å². The second kappa shape index (κ2) is 14.4. The molecule has 3 unspecified atom stereocenters. The predicted octanol–water partition coefficient (Wildman–Crippen LogP) is 6.31. The number of piperazine rings is 1. The first kappa shape index (κ1) is 32.5. The van der Waals surface area contributed by atoms with Crippen molar-refractivity contribution < 1.29 is 28.2 Å². The number of rotatable bonds is 11. The molecular weight excluding hydrogens is 583 g/mol. The molecule has 12 heteroatoms. The summed E-state index contributed by atoms with van der Waals surface area (Å²) in [5.74, 6) is -1.25. The van der Waals surface area contributed by atoms with Crippen LogP contribution < -0.4 is 16.0 Å². The Morgan fingerprint density at radius 3 is 2.55 bits per heavy atom. The Kier molecular flexibility index (Phi) is 11.1. The van der Waals surface area contributed by atoms with Crippen molar-refractivity contribution in [3.8, 4) is 0 Å². The molecule has 2 fully saturated rings. The van der Waals surface area contributed by atoms with Crippen LogP contribution in [0.3, 0.4) is 0 Å². The number of fused-ring (bicyclic) bond motifs is 2. The SMILES string of the molecule is CCC(CC)[C@H](c1ccc(Cl)cc1)[C@H](NC(=O)O)C(=O)Nc1cccc(F)c1CCC1CNC2CCCS(O)(O)N1C2. The van der Waals surface area contributed by atoms with E-state index in [1.165, 1.54) is 12.1 Å². The van der Waals surface area contributed by atoms with E-state index in [0.717, 1.165) is 18.4 Å². The van der Waals surface area contributed by atoms with Gasteiger partial charge in [-0.3, -0.25) is 13.9 Å². The van der Waals surface area contributed by atoms with Gasteiger partial charge in [0.05, 0.1) is 5.75 Å². The van der Waals surface area contributed by atoms with Gasteiger partial charge in [0.25, 0.3) is 0 Å². The lowest BCUT2D eigenvalue weighted by Gasteiger charge is -2.49. The number of carboxylic acid groups (broad SMARTS) is 1. The minimum Gasteiger partial charge on any atom is -0.465 e. The topological polar surface area (TPSA) is 134 Å². The first-order valence-corrected chi connectivity index (χ1v) is 16.7. The summed E-state index contributed by atoms with van der Waals surface area (Å²) < 4.78 is 38.6. The largest absolute Gasteiger partial charge is 0.465 e. The van der Waals surface area contributed by atoms with E-state index in [9.17, 15) is 23.8 Å². The quantitative estimate of drug-likeness (QED) is 0.173. The van der Waals surface area contributed by atoms with Crippen LogP contribution in [0.25, 0.3) is 0 Å². The average molecular weight is 625 g/mol. The van der Waals surface area contributed by atoms with Crippen molar-refractivity contribution in [1.29, 1.82) is 0 Å². The minimum absolute atomic E-state index is 0.0169. The lowest BCUT2D eigenvalue weighted by Crippen LogP contribution is -2.55. The number of hydrogen-bond acceptors (Lipinski definition) is 6. The van der Waals surface area contributed by atoms with Crippen molar-refractivity contribution in [3.63, 3.8) is 0 Å². The zero-order valence-corrected chi connectivity index (χ0v) is 25.6. The van der Waals surface area contributed by atoms with Crippen molar-refractivity contribution in [1.82, 2.24) is 14.9 Å². The molecule has 2 bridgehead atoms. The number of benzene rings is 2. The summed E-state index contributed by atoms with van der Waals surface area (Å²) in [4.78, 5) is 25.7. The smallest absolute Gasteiger partial charge is 0.405 e. The first-order chi connectivity index (χ1) is 20.0. The highest BCUT2D eigenvalue weighted by Gasteiger charge is 2.39. The number of carbonyl (C=O) groups is 2. The molecule has 2 saturated heterocycles. The average Bonchev–Trinajstić information content (AvgIpc) is 3.06. The maximum atomic E-state index is 15.2. The molecule has 2 amide bonds. The third-order valence-corrected chi connectivity index (χ3v) is 10.9. The number of hydrogen-bond donors (Lipinski definition) is 6. The molecule has 0 aliphatic carbocycles. The zero-order valence-electron chi connectivity index (χ0n) is 24.1. The third kappa shape index (κ3) is 7.75. The van der Waals surface area contributed by atoms with Crippen LogP contribution in [0.15, 0.2) is 42.5 Å². The van der Waals surface area contributed by atoms with Crippen LogP contribution in [0, 0.1) is 11.7 Å². The Morgan fingerprint density at radius 1 is 1.17 bits per heavy atom. The van der Waals surface area contributed by atoms with Crippen LogP contribution in [0.5, 0.6) is 0 Å². The van der Waals surface area contributed by atoms with E-state index in [-0.39, 0.29) is 30.1 Å². The predicted molar refractivity (Wildman–Crippen MR) is 166 cm³/mol. The van der Waals surface area contributed by atoms with Crippen molar-refractivity contribution in [2.75, 3.05) is 24.2 Å². The molecule has 0 spiro atoms. The maximum Gasteiger partial charge on any atom is 0.405 e. The molecule has 2 heterocycles. The second-order valence-corrected chi connectivity index (χ2v) is 13.8. The van der Waals surface area contributed by atoms with Gasteiger partial charge in [-0.15, -0.1) is 10.8 Å². The van der Waals surface area contributed by atoms with Gasteiger partial charge >= 0.3 is 6.09 Å². The number of anilines is 1. The molecule has 42 heavy (non-hydrogen) atoms. The van der Waals surface area contributed by atoms with E-state index < -0.39 is 40.6 Å². The molecule has 5 atom stereocenters. The van der Waals surface area contributed by atoms with E-state index in [4.69, 9.17) is 11.6 Å². The van der Waals surface area contributed by atoms with Crippen molar-refractivity contribution in [3.05, 3.63) is 64.4 Å². The molecule has 0 saturated carbocycles. The van der Waals surface area contributed by atoms with Gasteiger partial charge < -0.3 is 21.1 Å². The fourth-order valence-corrected chi connectivity index (χ4v) is 8.39. The van der Waals surface area contributed by atoms with Crippen LogP contribution in [0.1, 0.15) is 63.0 Å². The molecule has 4 rings (SSSR count). The highest BCUT2D eigenvalue weighted by Crippen LogP contribution is 2.49. The molecule has 9 nitrogen and oxygen atoms in total. The fourth-order valence-electron chi connectivity index (χ4n) is 6.39. The number of nitrogens with one attached hydrogen (secondary N) is 3. The number of carbonyl (C=O) groups excluding carboxylic acids is 1. The number of nitrogens with zero attached hydrogens (tertiary/aromatic N) is 1. The van der Waals surface area contributed by atoms with Crippen molar-refractivity contribution in [2.45, 2.75) is 76.4 Å². The molecule has 2 aliphatic heterocycles. The minimum atomic E-state index is -2.90. The lowest BCUT2D eigenvalue weighted by atomic mass is 9.77. The summed E-state index contributed by atoms with van der Waals surface area (Å²) in [6.45, 7) is 5.08. The highest BCUT2D eigenvalue weighted by atomic mass is 35.5. The molecule has 232 valence electrons. The van der Waals surface area contributed by atoms with Crippen molar-refractivity contribution >= 4 is 40.1 Å². The van der Waals surface area contributed by atoms with Crippen LogP contribution in [0.4, 0.5) is 14.9 Å². The zero-order chi connectivity index (χ0) is 30.4. The van der Waals surface area contributed by atoms with Crippen LogP contribution >= 0.6 is 22.4 Å². The first-order valence-electron chi connectivity index (χ1n) is 14.6. The fraction of sp³-hybridized carbons (Fsp3) is 0.533. The van der Waals surface area contributed by atoms with E-state index in [0.29, 0.717) is 48.7 Å². The van der Waals surface area contributed by atoms with Crippen LogP contribution in [-0.4, -0.2) is 67.5 Å². The molecular formula is C30H42ClFN4O5S. The molecule has 0 aromatic heterocycles. The van der Waals surface area contributed by atoms with Gasteiger partial charge in [0.1, 0.15) is 11.9 Å². The van der Waals surface area contributed by atoms with Gasteiger partial charge in [0.2, 0.25) is 5.91 Å². The molecule has 6 N–H and O–H groups in total.